The molecule has 0 radical (unpaired) electrons. The minimum atomic E-state index is -4.13. The summed E-state index contributed by atoms with van der Waals surface area (Å²) in [6.07, 6.45) is 0. The quantitative estimate of drug-likeness (QED) is 0.773. The molecule has 5 nitrogen and oxygen atoms in total. The second-order valence-electron chi connectivity index (χ2n) is 3.47. The Morgan fingerprint density at radius 2 is 1.56 bits per heavy atom. The van der Waals surface area contributed by atoms with Crippen molar-refractivity contribution in [1.82, 2.24) is 0 Å². The van der Waals surface area contributed by atoms with E-state index in [-0.39, 0.29) is 4.90 Å². The molecule has 2 aromatic rings. The van der Waals surface area contributed by atoms with E-state index in [1.54, 1.807) is 30.3 Å². The van der Waals surface area contributed by atoms with Crippen molar-refractivity contribution in [2.75, 3.05) is 0 Å². The molecule has 0 amide bonds. The first kappa shape index (κ1) is 14.1. The van der Waals surface area contributed by atoms with Crippen molar-refractivity contribution in [2.45, 2.75) is 11.8 Å². The standard InChI is InChI=1S/C10H8O3S.C2H4O2/c11-14(12,13)10-7-3-5-8-4-1-2-6-9(8)10;1-2(3)4/h1-7H,(H,11,12,13);1H3,(H,3,4). The summed E-state index contributed by atoms with van der Waals surface area (Å²) in [6, 6.07) is 11.8. The van der Waals surface area contributed by atoms with E-state index in [4.69, 9.17) is 14.5 Å². The van der Waals surface area contributed by atoms with Crippen LogP contribution in [0.15, 0.2) is 47.4 Å². The summed E-state index contributed by atoms with van der Waals surface area (Å²) < 4.78 is 31.0. The molecule has 0 atom stereocenters. The largest absolute Gasteiger partial charge is 0.481 e. The molecule has 0 heterocycles. The Bertz CT molecular complexity index is 652. The summed E-state index contributed by atoms with van der Waals surface area (Å²) in [5, 5.41) is 8.75. The SMILES string of the molecule is CC(=O)O.O=S(=O)(O)c1cccc2ccccc12. The molecule has 2 aromatic carbocycles. The Kier molecular flexibility index (Phi) is 4.41. The van der Waals surface area contributed by atoms with Gasteiger partial charge in [0, 0.05) is 12.3 Å². The van der Waals surface area contributed by atoms with Gasteiger partial charge >= 0.3 is 0 Å². The summed E-state index contributed by atoms with van der Waals surface area (Å²) in [5.41, 5.74) is 0. The fourth-order valence-electron chi connectivity index (χ4n) is 1.42. The van der Waals surface area contributed by atoms with E-state index in [9.17, 15) is 8.42 Å². The fourth-order valence-corrected chi connectivity index (χ4v) is 2.13. The summed E-state index contributed by atoms with van der Waals surface area (Å²) in [7, 11) is -4.13. The molecule has 0 saturated carbocycles. The van der Waals surface area contributed by atoms with Crippen molar-refractivity contribution in [3.63, 3.8) is 0 Å². The molecule has 0 saturated heterocycles. The average molecular weight is 268 g/mol. The Balaban J connectivity index is 0.000000357. The van der Waals surface area contributed by atoms with Crippen LogP contribution in [-0.4, -0.2) is 24.0 Å². The first-order valence-corrected chi connectivity index (χ1v) is 6.41. The Morgan fingerprint density at radius 3 is 2.11 bits per heavy atom. The number of rotatable bonds is 1. The molecular formula is C12H12O5S. The minimum Gasteiger partial charge on any atom is -0.481 e. The number of fused-ring (bicyclic) bond motifs is 1. The van der Waals surface area contributed by atoms with Gasteiger partial charge in [0.1, 0.15) is 4.90 Å². The van der Waals surface area contributed by atoms with Gasteiger partial charge in [0.15, 0.2) is 0 Å². The van der Waals surface area contributed by atoms with Gasteiger partial charge in [-0.3, -0.25) is 9.35 Å². The third kappa shape index (κ3) is 3.83. The van der Waals surface area contributed by atoms with Gasteiger partial charge in [-0.1, -0.05) is 36.4 Å². The molecule has 0 aliphatic carbocycles. The Labute approximate surface area is 104 Å². The summed E-state index contributed by atoms with van der Waals surface area (Å²) in [5.74, 6) is -0.833. The molecule has 0 aromatic heterocycles. The van der Waals surface area contributed by atoms with Gasteiger partial charge in [0.05, 0.1) is 0 Å². The zero-order valence-corrected chi connectivity index (χ0v) is 10.4. The number of carbonyl (C=O) groups is 1. The van der Waals surface area contributed by atoms with Gasteiger partial charge in [-0.05, 0) is 11.5 Å². The van der Waals surface area contributed by atoms with Crippen molar-refractivity contribution < 1.29 is 22.9 Å². The Hall–Kier alpha value is -1.92. The van der Waals surface area contributed by atoms with Crippen LogP contribution in [0.1, 0.15) is 6.92 Å². The van der Waals surface area contributed by atoms with Gasteiger partial charge in [-0.25, -0.2) is 0 Å². The second-order valence-corrected chi connectivity index (χ2v) is 4.86. The van der Waals surface area contributed by atoms with Crippen LogP contribution in [0.4, 0.5) is 0 Å². The maximum Gasteiger partial charge on any atom is 0.300 e. The minimum absolute atomic E-state index is 0.0457. The van der Waals surface area contributed by atoms with Gasteiger partial charge in [0.2, 0.25) is 0 Å². The highest BCUT2D eigenvalue weighted by Crippen LogP contribution is 2.21. The van der Waals surface area contributed by atoms with Crippen LogP contribution in [0.2, 0.25) is 0 Å². The number of aliphatic carboxylic acids is 1. The van der Waals surface area contributed by atoms with E-state index in [0.717, 1.165) is 12.3 Å². The lowest BCUT2D eigenvalue weighted by molar-refractivity contribution is -0.134. The number of hydrogen-bond donors (Lipinski definition) is 2. The van der Waals surface area contributed by atoms with Crippen molar-refractivity contribution >= 4 is 26.9 Å². The highest BCUT2D eigenvalue weighted by Gasteiger charge is 2.12. The van der Waals surface area contributed by atoms with E-state index in [0.29, 0.717) is 5.39 Å². The van der Waals surface area contributed by atoms with Gasteiger partial charge < -0.3 is 5.11 Å². The fraction of sp³-hybridized carbons (Fsp3) is 0.0833. The molecular weight excluding hydrogens is 256 g/mol. The number of benzene rings is 2. The monoisotopic (exact) mass is 268 g/mol. The maximum absolute atomic E-state index is 11.0. The first-order chi connectivity index (χ1) is 8.32. The Morgan fingerprint density at radius 1 is 1.06 bits per heavy atom. The highest BCUT2D eigenvalue weighted by molar-refractivity contribution is 7.86. The van der Waals surface area contributed by atoms with Crippen LogP contribution in [-0.2, 0) is 14.9 Å². The lowest BCUT2D eigenvalue weighted by Gasteiger charge is -2.02. The second kappa shape index (κ2) is 5.61. The predicted octanol–water partition coefficient (Wildman–Crippen LogP) is 2.18. The van der Waals surface area contributed by atoms with Crippen LogP contribution in [0.3, 0.4) is 0 Å². The van der Waals surface area contributed by atoms with Crippen LogP contribution in [0, 0.1) is 0 Å². The van der Waals surface area contributed by atoms with E-state index in [2.05, 4.69) is 0 Å². The molecule has 0 aliphatic rings. The van der Waals surface area contributed by atoms with Gasteiger partial charge in [-0.2, -0.15) is 8.42 Å². The van der Waals surface area contributed by atoms with E-state index in [1.165, 1.54) is 6.07 Å². The summed E-state index contributed by atoms with van der Waals surface area (Å²) in [4.78, 5) is 8.95. The molecule has 2 rings (SSSR count). The van der Waals surface area contributed by atoms with Crippen LogP contribution in [0.5, 0.6) is 0 Å². The molecule has 0 spiro atoms. The van der Waals surface area contributed by atoms with Crippen LogP contribution >= 0.6 is 0 Å². The van der Waals surface area contributed by atoms with Crippen LogP contribution in [0.25, 0.3) is 10.8 Å². The van der Waals surface area contributed by atoms with Crippen molar-refractivity contribution in [3.8, 4) is 0 Å². The van der Waals surface area contributed by atoms with E-state index < -0.39 is 16.1 Å². The molecule has 0 fully saturated rings. The zero-order chi connectivity index (χ0) is 13.8. The third-order valence-electron chi connectivity index (χ3n) is 2.03. The topological polar surface area (TPSA) is 91.7 Å². The maximum atomic E-state index is 11.0. The molecule has 18 heavy (non-hydrogen) atoms. The number of carboxylic acid groups (broad SMARTS) is 1. The summed E-state index contributed by atoms with van der Waals surface area (Å²) >= 11 is 0. The summed E-state index contributed by atoms with van der Waals surface area (Å²) in [6.45, 7) is 1.08. The zero-order valence-electron chi connectivity index (χ0n) is 9.57. The number of carboxylic acids is 1. The van der Waals surface area contributed by atoms with Gasteiger partial charge in [-0.15, -0.1) is 0 Å². The van der Waals surface area contributed by atoms with Gasteiger partial charge in [0.25, 0.3) is 16.1 Å². The predicted molar refractivity (Wildman–Crippen MR) is 67.1 cm³/mol. The molecule has 6 heteroatoms. The molecule has 0 aliphatic heterocycles. The average Bonchev–Trinajstić information content (AvgIpc) is 2.26. The molecule has 0 bridgehead atoms. The highest BCUT2D eigenvalue weighted by atomic mass is 32.2. The lowest BCUT2D eigenvalue weighted by atomic mass is 10.1. The van der Waals surface area contributed by atoms with E-state index in [1.807, 2.05) is 6.07 Å². The van der Waals surface area contributed by atoms with Crippen molar-refractivity contribution in [1.29, 1.82) is 0 Å². The number of hydrogen-bond acceptors (Lipinski definition) is 3. The first-order valence-electron chi connectivity index (χ1n) is 4.97. The third-order valence-corrected chi connectivity index (χ3v) is 2.94. The van der Waals surface area contributed by atoms with E-state index >= 15 is 0 Å². The smallest absolute Gasteiger partial charge is 0.300 e. The lowest BCUT2D eigenvalue weighted by Crippen LogP contribution is -1.98. The molecule has 0 unspecified atom stereocenters. The van der Waals surface area contributed by atoms with Crippen LogP contribution < -0.4 is 0 Å². The molecule has 2 N–H and O–H groups in total. The normalized spacial score (nSPS) is 10.6. The molecule has 96 valence electrons. The van der Waals surface area contributed by atoms with Crippen molar-refractivity contribution in [2.24, 2.45) is 0 Å². The van der Waals surface area contributed by atoms with Crippen molar-refractivity contribution in [3.05, 3.63) is 42.5 Å².